The Labute approximate surface area is 107 Å². The summed E-state index contributed by atoms with van der Waals surface area (Å²) in [4.78, 5) is 4.72. The lowest BCUT2D eigenvalue weighted by Gasteiger charge is -2.12. The third-order valence-corrected chi connectivity index (χ3v) is 3.86. The summed E-state index contributed by atoms with van der Waals surface area (Å²) in [6, 6.07) is 17.1. The summed E-state index contributed by atoms with van der Waals surface area (Å²) in [5, 5.41) is 0. The van der Waals surface area contributed by atoms with Gasteiger partial charge in [-0.2, -0.15) is 0 Å². The Morgan fingerprint density at radius 1 is 0.882 bits per heavy atom. The largest absolute Gasteiger partial charge is 0.378 e. The van der Waals surface area contributed by atoms with Gasteiger partial charge in [0.1, 0.15) is 0 Å². The molecule has 0 spiro atoms. The first kappa shape index (κ1) is 12.1. The highest BCUT2D eigenvalue weighted by molar-refractivity contribution is 7.99. The van der Waals surface area contributed by atoms with Gasteiger partial charge in [0.15, 0.2) is 0 Å². The van der Waals surface area contributed by atoms with Crippen LogP contribution in [0.3, 0.4) is 0 Å². The smallest absolute Gasteiger partial charge is 0.0361 e. The van der Waals surface area contributed by atoms with Crippen molar-refractivity contribution in [2.45, 2.75) is 16.7 Å². The van der Waals surface area contributed by atoms with Gasteiger partial charge in [-0.25, -0.2) is 0 Å². The highest BCUT2D eigenvalue weighted by Crippen LogP contribution is 2.30. The van der Waals surface area contributed by atoms with E-state index in [-0.39, 0.29) is 0 Å². The molecule has 0 fully saturated rings. The molecule has 88 valence electrons. The molecule has 0 unspecified atom stereocenters. The summed E-state index contributed by atoms with van der Waals surface area (Å²) >= 11 is 1.82. The normalized spacial score (nSPS) is 10.3. The van der Waals surface area contributed by atoms with E-state index in [1.54, 1.807) is 0 Å². The van der Waals surface area contributed by atoms with Crippen LogP contribution < -0.4 is 4.90 Å². The van der Waals surface area contributed by atoms with Gasteiger partial charge in [0.05, 0.1) is 0 Å². The molecular weight excluding hydrogens is 226 g/mol. The average Bonchev–Trinajstić information content (AvgIpc) is 2.33. The van der Waals surface area contributed by atoms with Crippen molar-refractivity contribution in [1.29, 1.82) is 0 Å². The molecule has 0 heterocycles. The van der Waals surface area contributed by atoms with Crippen LogP contribution in [-0.4, -0.2) is 14.1 Å². The van der Waals surface area contributed by atoms with Crippen LogP contribution in [0.1, 0.15) is 5.56 Å². The molecule has 0 aliphatic heterocycles. The lowest BCUT2D eigenvalue weighted by atomic mass is 10.2. The lowest BCUT2D eigenvalue weighted by Crippen LogP contribution is -2.07. The van der Waals surface area contributed by atoms with Gasteiger partial charge in [0, 0.05) is 29.6 Å². The predicted molar refractivity (Wildman–Crippen MR) is 76.1 cm³/mol. The number of rotatable bonds is 3. The Morgan fingerprint density at radius 3 is 2.12 bits per heavy atom. The molecule has 0 aromatic heterocycles. The zero-order chi connectivity index (χ0) is 12.3. The molecule has 0 N–H and O–H groups in total. The summed E-state index contributed by atoms with van der Waals surface area (Å²) in [6.07, 6.45) is 0. The molecule has 2 aromatic rings. The van der Waals surface area contributed by atoms with E-state index >= 15 is 0 Å². The number of hydrogen-bond donors (Lipinski definition) is 0. The van der Waals surface area contributed by atoms with Gasteiger partial charge in [-0.1, -0.05) is 30.0 Å². The molecule has 0 atom stereocenters. The monoisotopic (exact) mass is 243 g/mol. The molecule has 0 saturated heterocycles. The first-order chi connectivity index (χ1) is 8.16. The average molecular weight is 243 g/mol. The minimum atomic E-state index is 1.24. The van der Waals surface area contributed by atoms with Crippen LogP contribution in [0.15, 0.2) is 58.3 Å². The maximum Gasteiger partial charge on any atom is 0.0361 e. The second-order valence-electron chi connectivity index (χ2n) is 4.26. The number of aryl methyl sites for hydroxylation is 1. The molecule has 0 radical (unpaired) electrons. The SMILES string of the molecule is Cc1ccccc1Sc1ccc(N(C)C)cc1. The minimum Gasteiger partial charge on any atom is -0.378 e. The van der Waals surface area contributed by atoms with Crippen LogP contribution in [0.25, 0.3) is 0 Å². The van der Waals surface area contributed by atoms with Gasteiger partial charge in [-0.05, 0) is 42.8 Å². The molecule has 0 aliphatic rings. The molecule has 2 rings (SSSR count). The van der Waals surface area contributed by atoms with Gasteiger partial charge in [-0.15, -0.1) is 0 Å². The fourth-order valence-corrected chi connectivity index (χ4v) is 2.51. The van der Waals surface area contributed by atoms with Crippen LogP contribution in [0, 0.1) is 6.92 Å². The van der Waals surface area contributed by atoms with Gasteiger partial charge in [0.25, 0.3) is 0 Å². The van der Waals surface area contributed by atoms with Crippen molar-refractivity contribution in [1.82, 2.24) is 0 Å². The quantitative estimate of drug-likeness (QED) is 0.794. The first-order valence-corrected chi connectivity index (χ1v) is 6.49. The van der Waals surface area contributed by atoms with Gasteiger partial charge in [0.2, 0.25) is 0 Å². The summed E-state index contributed by atoms with van der Waals surface area (Å²) in [5.41, 5.74) is 2.56. The maximum atomic E-state index is 2.17. The van der Waals surface area contributed by atoms with Crippen molar-refractivity contribution in [3.05, 3.63) is 54.1 Å². The second-order valence-corrected chi connectivity index (χ2v) is 5.37. The van der Waals surface area contributed by atoms with Gasteiger partial charge >= 0.3 is 0 Å². The molecule has 0 aliphatic carbocycles. The van der Waals surface area contributed by atoms with Crippen molar-refractivity contribution in [2.24, 2.45) is 0 Å². The van der Waals surface area contributed by atoms with Crippen LogP contribution in [0.5, 0.6) is 0 Å². The highest BCUT2D eigenvalue weighted by Gasteiger charge is 2.01. The van der Waals surface area contributed by atoms with E-state index in [1.807, 2.05) is 11.8 Å². The Kier molecular flexibility index (Phi) is 3.75. The Hall–Kier alpha value is -1.41. The van der Waals surface area contributed by atoms with Crippen molar-refractivity contribution < 1.29 is 0 Å². The molecule has 0 amide bonds. The number of nitrogens with zero attached hydrogens (tertiary/aromatic N) is 1. The van der Waals surface area contributed by atoms with Gasteiger partial charge < -0.3 is 4.90 Å². The lowest BCUT2D eigenvalue weighted by molar-refractivity contribution is 1.13. The van der Waals surface area contributed by atoms with Crippen molar-refractivity contribution in [2.75, 3.05) is 19.0 Å². The first-order valence-electron chi connectivity index (χ1n) is 5.67. The van der Waals surface area contributed by atoms with E-state index in [0.717, 1.165) is 0 Å². The minimum absolute atomic E-state index is 1.24. The Balaban J connectivity index is 2.17. The third-order valence-electron chi connectivity index (χ3n) is 2.67. The summed E-state index contributed by atoms with van der Waals surface area (Å²) in [7, 11) is 4.12. The van der Waals surface area contributed by atoms with E-state index in [2.05, 4.69) is 74.4 Å². The van der Waals surface area contributed by atoms with E-state index in [1.165, 1.54) is 21.0 Å². The molecule has 17 heavy (non-hydrogen) atoms. The van der Waals surface area contributed by atoms with E-state index < -0.39 is 0 Å². The fourth-order valence-electron chi connectivity index (χ4n) is 1.61. The van der Waals surface area contributed by atoms with E-state index in [0.29, 0.717) is 0 Å². The number of hydrogen-bond acceptors (Lipinski definition) is 2. The molecule has 2 aromatic carbocycles. The number of anilines is 1. The van der Waals surface area contributed by atoms with Gasteiger partial charge in [-0.3, -0.25) is 0 Å². The van der Waals surface area contributed by atoms with Crippen LogP contribution in [0.2, 0.25) is 0 Å². The summed E-state index contributed by atoms with van der Waals surface area (Å²) < 4.78 is 0. The van der Waals surface area contributed by atoms with Crippen LogP contribution >= 0.6 is 11.8 Å². The second kappa shape index (κ2) is 5.28. The van der Waals surface area contributed by atoms with Crippen molar-refractivity contribution in [3.63, 3.8) is 0 Å². The zero-order valence-corrected chi connectivity index (χ0v) is 11.3. The molecular formula is C15H17NS. The molecule has 2 heteroatoms. The topological polar surface area (TPSA) is 3.24 Å². The summed E-state index contributed by atoms with van der Waals surface area (Å²) in [6.45, 7) is 2.15. The van der Waals surface area contributed by atoms with E-state index in [9.17, 15) is 0 Å². The maximum absolute atomic E-state index is 2.17. The number of benzene rings is 2. The van der Waals surface area contributed by atoms with E-state index in [4.69, 9.17) is 0 Å². The van der Waals surface area contributed by atoms with Crippen molar-refractivity contribution in [3.8, 4) is 0 Å². The van der Waals surface area contributed by atoms with Crippen LogP contribution in [0.4, 0.5) is 5.69 Å². The predicted octanol–water partition coefficient (Wildman–Crippen LogP) is 4.21. The molecule has 1 nitrogen and oxygen atoms in total. The highest BCUT2D eigenvalue weighted by atomic mass is 32.2. The third kappa shape index (κ3) is 3.04. The van der Waals surface area contributed by atoms with Crippen molar-refractivity contribution >= 4 is 17.4 Å². The Bertz CT molecular complexity index is 489. The standard InChI is InChI=1S/C15H17NS/c1-12-6-4-5-7-15(12)17-14-10-8-13(9-11-14)16(2)3/h4-11H,1-3H3. The fraction of sp³-hybridized carbons (Fsp3) is 0.200. The molecule has 0 saturated carbocycles. The Morgan fingerprint density at radius 2 is 1.53 bits per heavy atom. The van der Waals surface area contributed by atoms with Crippen LogP contribution in [-0.2, 0) is 0 Å². The summed E-state index contributed by atoms with van der Waals surface area (Å²) in [5.74, 6) is 0. The molecule has 0 bridgehead atoms. The zero-order valence-electron chi connectivity index (χ0n) is 10.5.